The number of hydrogen-bond acceptors (Lipinski definition) is 4. The van der Waals surface area contributed by atoms with Crippen molar-refractivity contribution >= 4 is 22.1 Å². The number of anilines is 1. The molecule has 4 heteroatoms. The first kappa shape index (κ1) is 11.2. The van der Waals surface area contributed by atoms with Gasteiger partial charge in [0, 0.05) is 12.0 Å². The van der Waals surface area contributed by atoms with E-state index in [0.29, 0.717) is 11.0 Å². The molecule has 1 N–H and O–H groups in total. The van der Waals surface area contributed by atoms with Crippen molar-refractivity contribution in [2.24, 2.45) is 5.92 Å². The van der Waals surface area contributed by atoms with E-state index in [1.807, 2.05) is 13.8 Å². The van der Waals surface area contributed by atoms with E-state index in [1.165, 1.54) is 11.3 Å². The third-order valence-electron chi connectivity index (χ3n) is 1.67. The van der Waals surface area contributed by atoms with Gasteiger partial charge in [0.1, 0.15) is 5.00 Å². The Labute approximate surface area is 88.6 Å². The lowest BCUT2D eigenvalue weighted by atomic mass is 10.1. The second kappa shape index (κ2) is 4.55. The Morgan fingerprint density at radius 3 is 2.57 bits per heavy atom. The van der Waals surface area contributed by atoms with Gasteiger partial charge in [0.2, 0.25) is 0 Å². The fraction of sp³-hybridized carbons (Fsp3) is 0.600. The van der Waals surface area contributed by atoms with Gasteiger partial charge in [0.25, 0.3) is 0 Å². The normalized spacial score (nSPS) is 11.0. The van der Waals surface area contributed by atoms with Crippen molar-refractivity contribution in [3.63, 3.8) is 0 Å². The second-order valence-electron chi connectivity index (χ2n) is 3.85. The van der Waals surface area contributed by atoms with Crippen molar-refractivity contribution in [2.75, 3.05) is 5.32 Å². The third-order valence-corrected chi connectivity index (χ3v) is 2.61. The highest BCUT2D eigenvalue weighted by molar-refractivity contribution is 7.17. The summed E-state index contributed by atoms with van der Waals surface area (Å²) in [5, 5.41) is 4.78. The largest absolute Gasteiger partial charge is 0.373 e. The highest BCUT2D eigenvalue weighted by atomic mass is 32.1. The molecule has 0 spiro atoms. The van der Waals surface area contributed by atoms with Gasteiger partial charge in [-0.2, -0.15) is 0 Å². The maximum absolute atomic E-state index is 11.6. The predicted octanol–water partition coefficient (Wildman–Crippen LogP) is 2.80. The van der Waals surface area contributed by atoms with Crippen LogP contribution >= 0.6 is 11.3 Å². The molecular weight excluding hydrogens is 196 g/mol. The molecule has 0 fully saturated rings. The van der Waals surface area contributed by atoms with Crippen molar-refractivity contribution in [3.05, 3.63) is 11.2 Å². The van der Waals surface area contributed by atoms with E-state index in [2.05, 4.69) is 24.1 Å². The average molecular weight is 212 g/mol. The van der Waals surface area contributed by atoms with Crippen LogP contribution in [0.25, 0.3) is 0 Å². The summed E-state index contributed by atoms with van der Waals surface area (Å²) >= 11 is 1.43. The summed E-state index contributed by atoms with van der Waals surface area (Å²) in [5.74, 6) is 0.139. The number of carbonyl (C=O) groups excluding carboxylic acids is 1. The van der Waals surface area contributed by atoms with Crippen LogP contribution in [0, 0.1) is 5.92 Å². The second-order valence-corrected chi connectivity index (χ2v) is 4.88. The smallest absolute Gasteiger partial charge is 0.193 e. The zero-order chi connectivity index (χ0) is 10.7. The minimum atomic E-state index is 0.0213. The SMILES string of the molecule is CC(C)Nc1cnc(C(=O)C(C)C)s1. The Kier molecular flexibility index (Phi) is 3.63. The molecule has 1 heterocycles. The zero-order valence-electron chi connectivity index (χ0n) is 9.00. The molecule has 14 heavy (non-hydrogen) atoms. The molecule has 0 aromatic carbocycles. The van der Waals surface area contributed by atoms with Crippen LogP contribution in [-0.4, -0.2) is 16.8 Å². The van der Waals surface area contributed by atoms with Crippen molar-refractivity contribution in [3.8, 4) is 0 Å². The zero-order valence-corrected chi connectivity index (χ0v) is 9.81. The van der Waals surface area contributed by atoms with E-state index in [-0.39, 0.29) is 11.7 Å². The van der Waals surface area contributed by atoms with Gasteiger partial charge in [0.15, 0.2) is 10.8 Å². The number of rotatable bonds is 4. The van der Waals surface area contributed by atoms with E-state index in [9.17, 15) is 4.79 Å². The molecule has 1 aromatic rings. The van der Waals surface area contributed by atoms with Gasteiger partial charge < -0.3 is 5.32 Å². The van der Waals surface area contributed by atoms with Crippen molar-refractivity contribution in [2.45, 2.75) is 33.7 Å². The summed E-state index contributed by atoms with van der Waals surface area (Å²) in [5.41, 5.74) is 0. The first-order chi connectivity index (χ1) is 6.50. The Hall–Kier alpha value is -0.900. The van der Waals surface area contributed by atoms with Gasteiger partial charge in [-0.1, -0.05) is 25.2 Å². The molecule has 3 nitrogen and oxygen atoms in total. The van der Waals surface area contributed by atoms with E-state index in [1.54, 1.807) is 6.20 Å². The van der Waals surface area contributed by atoms with Crippen LogP contribution in [0.15, 0.2) is 6.20 Å². The lowest BCUT2D eigenvalue weighted by Crippen LogP contribution is -2.08. The minimum Gasteiger partial charge on any atom is -0.373 e. The monoisotopic (exact) mass is 212 g/mol. The standard InChI is InChI=1S/C10H16N2OS/c1-6(2)9(13)10-11-5-8(14-10)12-7(3)4/h5-7,12H,1-4H3. The van der Waals surface area contributed by atoms with E-state index < -0.39 is 0 Å². The quantitative estimate of drug-likeness (QED) is 0.780. The molecule has 78 valence electrons. The molecule has 0 radical (unpaired) electrons. The highest BCUT2D eigenvalue weighted by Gasteiger charge is 2.14. The molecule has 0 bridgehead atoms. The van der Waals surface area contributed by atoms with Gasteiger partial charge in [-0.05, 0) is 13.8 Å². The number of hydrogen-bond donors (Lipinski definition) is 1. The first-order valence-electron chi connectivity index (χ1n) is 4.77. The van der Waals surface area contributed by atoms with E-state index in [0.717, 1.165) is 5.00 Å². The Morgan fingerprint density at radius 1 is 1.43 bits per heavy atom. The van der Waals surface area contributed by atoms with Gasteiger partial charge >= 0.3 is 0 Å². The molecule has 0 amide bonds. The van der Waals surface area contributed by atoms with Crippen molar-refractivity contribution < 1.29 is 4.79 Å². The number of thiazole rings is 1. The molecular formula is C10H16N2OS. The van der Waals surface area contributed by atoms with E-state index in [4.69, 9.17) is 0 Å². The minimum absolute atomic E-state index is 0.0213. The summed E-state index contributed by atoms with van der Waals surface area (Å²) < 4.78 is 0. The fourth-order valence-corrected chi connectivity index (χ4v) is 2.04. The van der Waals surface area contributed by atoms with E-state index >= 15 is 0 Å². The molecule has 1 aromatic heterocycles. The van der Waals surface area contributed by atoms with Crippen LogP contribution in [0.1, 0.15) is 37.5 Å². The van der Waals surface area contributed by atoms with Crippen LogP contribution in [0.2, 0.25) is 0 Å². The molecule has 0 aliphatic rings. The van der Waals surface area contributed by atoms with Crippen LogP contribution < -0.4 is 5.32 Å². The molecule has 1 rings (SSSR count). The maximum atomic E-state index is 11.6. The average Bonchev–Trinajstić information content (AvgIpc) is 2.50. The van der Waals surface area contributed by atoms with Crippen LogP contribution in [0.4, 0.5) is 5.00 Å². The number of ketones is 1. The molecule has 0 atom stereocenters. The molecule has 0 saturated carbocycles. The molecule has 0 aliphatic heterocycles. The number of nitrogens with zero attached hydrogens (tertiary/aromatic N) is 1. The van der Waals surface area contributed by atoms with Crippen molar-refractivity contribution in [1.82, 2.24) is 4.98 Å². The summed E-state index contributed by atoms with van der Waals surface area (Å²) in [7, 11) is 0. The predicted molar refractivity (Wildman–Crippen MR) is 60.0 cm³/mol. The summed E-state index contributed by atoms with van der Waals surface area (Å²) in [6.45, 7) is 7.89. The van der Waals surface area contributed by atoms with Crippen LogP contribution in [0.3, 0.4) is 0 Å². The molecule has 0 saturated heterocycles. The third kappa shape index (κ3) is 2.80. The topological polar surface area (TPSA) is 42.0 Å². The Bertz CT molecular complexity index is 318. The fourth-order valence-electron chi connectivity index (χ4n) is 0.986. The maximum Gasteiger partial charge on any atom is 0.193 e. The summed E-state index contributed by atoms with van der Waals surface area (Å²) in [4.78, 5) is 15.7. The van der Waals surface area contributed by atoms with Gasteiger partial charge in [0.05, 0.1) is 6.20 Å². The Balaban J connectivity index is 2.73. The summed E-state index contributed by atoms with van der Waals surface area (Å²) in [6, 6.07) is 0.373. The Morgan fingerprint density at radius 2 is 2.07 bits per heavy atom. The van der Waals surface area contributed by atoms with Crippen LogP contribution in [-0.2, 0) is 0 Å². The van der Waals surface area contributed by atoms with Gasteiger partial charge in [-0.3, -0.25) is 4.79 Å². The van der Waals surface area contributed by atoms with Crippen molar-refractivity contribution in [1.29, 1.82) is 0 Å². The number of Topliss-reactive ketones (excluding diaryl/α,β-unsaturated/α-hetero) is 1. The van der Waals surface area contributed by atoms with Crippen LogP contribution in [0.5, 0.6) is 0 Å². The molecule has 0 unspecified atom stereocenters. The number of carbonyl (C=O) groups is 1. The van der Waals surface area contributed by atoms with Gasteiger partial charge in [-0.25, -0.2) is 4.98 Å². The lowest BCUT2D eigenvalue weighted by molar-refractivity contribution is 0.0939. The molecule has 0 aliphatic carbocycles. The number of nitrogens with one attached hydrogen (secondary N) is 1. The highest BCUT2D eigenvalue weighted by Crippen LogP contribution is 2.21. The lowest BCUT2D eigenvalue weighted by Gasteiger charge is -2.04. The first-order valence-corrected chi connectivity index (χ1v) is 5.59. The van der Waals surface area contributed by atoms with Gasteiger partial charge in [-0.15, -0.1) is 0 Å². The number of aromatic nitrogens is 1. The summed E-state index contributed by atoms with van der Waals surface area (Å²) in [6.07, 6.45) is 1.72.